The summed E-state index contributed by atoms with van der Waals surface area (Å²) >= 11 is 0. The maximum atomic E-state index is 8.53. The van der Waals surface area contributed by atoms with Crippen LogP contribution in [0.5, 0.6) is 11.5 Å². The van der Waals surface area contributed by atoms with Crippen LogP contribution in [0, 0.1) is 0 Å². The molecule has 1 aromatic carbocycles. The van der Waals surface area contributed by atoms with Crippen molar-refractivity contribution in [1.29, 1.82) is 0 Å². The minimum atomic E-state index is 0.0107. The van der Waals surface area contributed by atoms with Gasteiger partial charge in [0.05, 0.1) is 7.11 Å². The van der Waals surface area contributed by atoms with Gasteiger partial charge in [0.1, 0.15) is 0 Å². The van der Waals surface area contributed by atoms with Crippen LogP contribution >= 0.6 is 0 Å². The first kappa shape index (κ1) is 12.1. The molecule has 0 heterocycles. The number of amidine groups is 1. The standard InChI is InChI=1S/C10H14N2O4/c1-14-6-16-8-4-3-7(10(11)12-13)5-9(8)15-2/h3-5,13H,6H2,1-2H3,(H2,11,12). The van der Waals surface area contributed by atoms with Crippen molar-refractivity contribution < 1.29 is 19.4 Å². The van der Waals surface area contributed by atoms with E-state index in [4.69, 9.17) is 25.2 Å². The van der Waals surface area contributed by atoms with Gasteiger partial charge < -0.3 is 25.2 Å². The zero-order valence-corrected chi connectivity index (χ0v) is 9.14. The summed E-state index contributed by atoms with van der Waals surface area (Å²) in [5.74, 6) is 1.02. The van der Waals surface area contributed by atoms with Gasteiger partial charge in [0.2, 0.25) is 0 Å². The summed E-state index contributed by atoms with van der Waals surface area (Å²) in [6, 6.07) is 4.92. The number of hydrogen-bond donors (Lipinski definition) is 2. The summed E-state index contributed by atoms with van der Waals surface area (Å²) in [7, 11) is 3.03. The van der Waals surface area contributed by atoms with Crippen molar-refractivity contribution >= 4 is 5.84 Å². The van der Waals surface area contributed by atoms with Crippen LogP contribution in [0.2, 0.25) is 0 Å². The topological polar surface area (TPSA) is 86.3 Å². The van der Waals surface area contributed by atoms with Crippen LogP contribution in [0.4, 0.5) is 0 Å². The lowest BCUT2D eigenvalue weighted by Crippen LogP contribution is -2.13. The molecule has 0 atom stereocenters. The Balaban J connectivity index is 2.97. The van der Waals surface area contributed by atoms with Gasteiger partial charge >= 0.3 is 0 Å². The Bertz CT molecular complexity index is 379. The molecule has 1 aromatic rings. The van der Waals surface area contributed by atoms with E-state index in [9.17, 15) is 0 Å². The van der Waals surface area contributed by atoms with Gasteiger partial charge in [0.25, 0.3) is 0 Å². The molecule has 16 heavy (non-hydrogen) atoms. The molecule has 0 spiro atoms. The number of oxime groups is 1. The molecule has 0 amide bonds. The van der Waals surface area contributed by atoms with Crippen LogP contribution in [0.1, 0.15) is 5.56 Å². The van der Waals surface area contributed by atoms with Gasteiger partial charge in [-0.05, 0) is 18.2 Å². The zero-order chi connectivity index (χ0) is 12.0. The van der Waals surface area contributed by atoms with Gasteiger partial charge in [0.15, 0.2) is 24.1 Å². The van der Waals surface area contributed by atoms with E-state index in [1.54, 1.807) is 18.2 Å². The molecule has 0 bridgehead atoms. The Kier molecular flexibility index (Phi) is 4.41. The number of methoxy groups -OCH3 is 2. The molecule has 0 fully saturated rings. The highest BCUT2D eigenvalue weighted by molar-refractivity contribution is 5.97. The fourth-order valence-corrected chi connectivity index (χ4v) is 1.13. The summed E-state index contributed by atoms with van der Waals surface area (Å²) in [6.07, 6.45) is 0. The van der Waals surface area contributed by atoms with E-state index < -0.39 is 0 Å². The van der Waals surface area contributed by atoms with Gasteiger partial charge in [-0.15, -0.1) is 0 Å². The zero-order valence-electron chi connectivity index (χ0n) is 9.14. The first-order valence-electron chi connectivity index (χ1n) is 4.50. The van der Waals surface area contributed by atoms with Gasteiger partial charge in [-0.3, -0.25) is 0 Å². The molecular weight excluding hydrogens is 212 g/mol. The second-order valence-electron chi connectivity index (χ2n) is 2.90. The Morgan fingerprint density at radius 1 is 1.38 bits per heavy atom. The van der Waals surface area contributed by atoms with Crippen molar-refractivity contribution in [3.05, 3.63) is 23.8 Å². The first-order valence-corrected chi connectivity index (χ1v) is 4.50. The quantitative estimate of drug-likeness (QED) is 0.254. The molecule has 1 rings (SSSR count). The molecule has 0 aromatic heterocycles. The van der Waals surface area contributed by atoms with Crippen molar-refractivity contribution in [2.45, 2.75) is 0 Å². The molecule has 3 N–H and O–H groups in total. The Hall–Kier alpha value is -1.95. The van der Waals surface area contributed by atoms with E-state index in [1.807, 2.05) is 0 Å². The third-order valence-corrected chi connectivity index (χ3v) is 1.90. The van der Waals surface area contributed by atoms with Gasteiger partial charge in [-0.2, -0.15) is 0 Å². The van der Waals surface area contributed by atoms with E-state index >= 15 is 0 Å². The molecule has 6 nitrogen and oxygen atoms in total. The van der Waals surface area contributed by atoms with E-state index in [0.717, 1.165) is 0 Å². The predicted octanol–water partition coefficient (Wildman–Crippen LogP) is 0.772. The summed E-state index contributed by atoms with van der Waals surface area (Å²) in [6.45, 7) is 0.124. The molecule has 0 saturated heterocycles. The fourth-order valence-electron chi connectivity index (χ4n) is 1.13. The van der Waals surface area contributed by atoms with Gasteiger partial charge in [0, 0.05) is 12.7 Å². The Morgan fingerprint density at radius 3 is 2.69 bits per heavy atom. The number of benzene rings is 1. The highest BCUT2D eigenvalue weighted by atomic mass is 16.7. The van der Waals surface area contributed by atoms with E-state index in [0.29, 0.717) is 17.1 Å². The average Bonchev–Trinajstić information content (AvgIpc) is 2.35. The lowest BCUT2D eigenvalue weighted by Gasteiger charge is -2.10. The maximum Gasteiger partial charge on any atom is 0.188 e. The van der Waals surface area contributed by atoms with Crippen LogP contribution in [0.15, 0.2) is 23.4 Å². The molecule has 0 saturated carbocycles. The normalized spacial score (nSPS) is 11.2. The second kappa shape index (κ2) is 5.82. The maximum absolute atomic E-state index is 8.53. The van der Waals surface area contributed by atoms with Crippen molar-refractivity contribution in [2.75, 3.05) is 21.0 Å². The average molecular weight is 226 g/mol. The monoisotopic (exact) mass is 226 g/mol. The van der Waals surface area contributed by atoms with Crippen LogP contribution in [0.3, 0.4) is 0 Å². The van der Waals surface area contributed by atoms with Crippen molar-refractivity contribution in [3.8, 4) is 11.5 Å². The van der Waals surface area contributed by atoms with Crippen LogP contribution in [-0.2, 0) is 4.74 Å². The fraction of sp³-hybridized carbons (Fsp3) is 0.300. The molecule has 88 valence electrons. The lowest BCUT2D eigenvalue weighted by atomic mass is 10.2. The first-order chi connectivity index (χ1) is 7.72. The molecule has 0 aliphatic heterocycles. The van der Waals surface area contributed by atoms with E-state index in [2.05, 4.69) is 5.16 Å². The molecule has 0 unspecified atom stereocenters. The second-order valence-corrected chi connectivity index (χ2v) is 2.90. The third kappa shape index (κ3) is 2.77. The third-order valence-electron chi connectivity index (χ3n) is 1.90. The predicted molar refractivity (Wildman–Crippen MR) is 58.0 cm³/mol. The Morgan fingerprint density at radius 2 is 2.12 bits per heavy atom. The minimum absolute atomic E-state index is 0.0107. The van der Waals surface area contributed by atoms with E-state index in [-0.39, 0.29) is 12.6 Å². The number of rotatable bonds is 5. The molecule has 0 radical (unpaired) electrons. The minimum Gasteiger partial charge on any atom is -0.493 e. The molecular formula is C10H14N2O4. The van der Waals surface area contributed by atoms with Crippen molar-refractivity contribution in [3.63, 3.8) is 0 Å². The molecule has 0 aliphatic rings. The largest absolute Gasteiger partial charge is 0.493 e. The molecule has 0 aliphatic carbocycles. The lowest BCUT2D eigenvalue weighted by molar-refractivity contribution is 0.0491. The van der Waals surface area contributed by atoms with Crippen LogP contribution < -0.4 is 15.2 Å². The van der Waals surface area contributed by atoms with Gasteiger partial charge in [-0.25, -0.2) is 0 Å². The summed E-state index contributed by atoms with van der Waals surface area (Å²) in [4.78, 5) is 0. The highest BCUT2D eigenvalue weighted by Crippen LogP contribution is 2.27. The van der Waals surface area contributed by atoms with E-state index in [1.165, 1.54) is 14.2 Å². The summed E-state index contributed by atoms with van der Waals surface area (Å²) < 4.78 is 15.1. The number of nitrogens with zero attached hydrogens (tertiary/aromatic N) is 1. The number of nitrogens with two attached hydrogens (primary N) is 1. The van der Waals surface area contributed by atoms with Crippen molar-refractivity contribution in [1.82, 2.24) is 0 Å². The number of ether oxygens (including phenoxy) is 3. The van der Waals surface area contributed by atoms with Crippen LogP contribution in [-0.4, -0.2) is 32.1 Å². The molecule has 6 heteroatoms. The summed E-state index contributed by atoms with van der Waals surface area (Å²) in [5.41, 5.74) is 5.99. The van der Waals surface area contributed by atoms with Gasteiger partial charge in [-0.1, -0.05) is 5.16 Å². The summed E-state index contributed by atoms with van der Waals surface area (Å²) in [5, 5.41) is 11.4. The smallest absolute Gasteiger partial charge is 0.188 e. The van der Waals surface area contributed by atoms with Crippen molar-refractivity contribution in [2.24, 2.45) is 10.9 Å². The number of hydrogen-bond acceptors (Lipinski definition) is 5. The highest BCUT2D eigenvalue weighted by Gasteiger charge is 2.07. The Labute approximate surface area is 93.2 Å². The SMILES string of the molecule is COCOc1ccc(C(N)=NO)cc1OC. The van der Waals surface area contributed by atoms with Crippen LogP contribution in [0.25, 0.3) is 0 Å².